The van der Waals surface area contributed by atoms with Gasteiger partial charge in [0.25, 0.3) is 0 Å². The van der Waals surface area contributed by atoms with E-state index in [1.807, 2.05) is 32.0 Å². The summed E-state index contributed by atoms with van der Waals surface area (Å²) in [5, 5.41) is 14.7. The van der Waals surface area contributed by atoms with Gasteiger partial charge < -0.3 is 20.5 Å². The lowest BCUT2D eigenvalue weighted by atomic mass is 10.1. The molecule has 5 nitrogen and oxygen atoms in total. The molecule has 1 atom stereocenters. The minimum Gasteiger partial charge on any atom is -0.389 e. The monoisotopic (exact) mass is 252 g/mol. The highest BCUT2D eigenvalue weighted by atomic mass is 16.5. The number of ether oxygens (including phenoxy) is 1. The molecule has 3 N–H and O–H groups in total. The SMILES string of the molecule is COCC(O)CNC(=O)Nc1cc(C)cc(C)c1. The quantitative estimate of drug-likeness (QED) is 0.742. The highest BCUT2D eigenvalue weighted by molar-refractivity contribution is 5.89. The molecule has 2 amide bonds. The van der Waals surface area contributed by atoms with Gasteiger partial charge in [0.2, 0.25) is 0 Å². The summed E-state index contributed by atoms with van der Waals surface area (Å²) in [6.07, 6.45) is -0.694. The molecule has 18 heavy (non-hydrogen) atoms. The van der Waals surface area contributed by atoms with E-state index in [0.29, 0.717) is 0 Å². The van der Waals surface area contributed by atoms with Crippen molar-refractivity contribution in [2.45, 2.75) is 20.0 Å². The number of anilines is 1. The molecule has 0 radical (unpaired) electrons. The summed E-state index contributed by atoms with van der Waals surface area (Å²) in [6.45, 7) is 4.30. The Bertz CT molecular complexity index is 387. The van der Waals surface area contributed by atoms with Crippen molar-refractivity contribution in [1.82, 2.24) is 5.32 Å². The molecule has 0 saturated heterocycles. The van der Waals surface area contributed by atoms with Gasteiger partial charge in [-0.05, 0) is 37.1 Å². The van der Waals surface area contributed by atoms with E-state index in [9.17, 15) is 9.90 Å². The lowest BCUT2D eigenvalue weighted by Crippen LogP contribution is -2.37. The standard InChI is InChI=1S/C13H20N2O3/c1-9-4-10(2)6-11(5-9)15-13(17)14-7-12(16)8-18-3/h4-6,12,16H,7-8H2,1-3H3,(H2,14,15,17). The molecule has 0 aliphatic rings. The zero-order valence-corrected chi connectivity index (χ0v) is 11.0. The average molecular weight is 252 g/mol. The summed E-state index contributed by atoms with van der Waals surface area (Å²) in [4.78, 5) is 11.6. The molecular weight excluding hydrogens is 232 g/mol. The maximum Gasteiger partial charge on any atom is 0.319 e. The molecule has 1 unspecified atom stereocenters. The van der Waals surface area contributed by atoms with Crippen LogP contribution < -0.4 is 10.6 Å². The van der Waals surface area contributed by atoms with Gasteiger partial charge in [-0.25, -0.2) is 4.79 Å². The van der Waals surface area contributed by atoms with E-state index in [0.717, 1.165) is 16.8 Å². The molecule has 1 aromatic carbocycles. The molecule has 1 rings (SSSR count). The van der Waals surface area contributed by atoms with Gasteiger partial charge in [0.1, 0.15) is 0 Å². The first kappa shape index (κ1) is 14.5. The Labute approximate surface area is 107 Å². The number of benzene rings is 1. The van der Waals surface area contributed by atoms with Crippen LogP contribution in [0, 0.1) is 13.8 Å². The molecule has 0 fully saturated rings. The second-order valence-electron chi connectivity index (χ2n) is 4.32. The van der Waals surface area contributed by atoms with E-state index in [1.165, 1.54) is 7.11 Å². The van der Waals surface area contributed by atoms with Gasteiger partial charge in [-0.3, -0.25) is 0 Å². The third-order valence-electron chi connectivity index (χ3n) is 2.34. The number of urea groups is 1. The van der Waals surface area contributed by atoms with E-state index in [1.54, 1.807) is 0 Å². The number of amides is 2. The van der Waals surface area contributed by atoms with Gasteiger partial charge in [0.15, 0.2) is 0 Å². The van der Waals surface area contributed by atoms with Crippen LogP contribution in [0.1, 0.15) is 11.1 Å². The lowest BCUT2D eigenvalue weighted by molar-refractivity contribution is 0.0663. The summed E-state index contributed by atoms with van der Waals surface area (Å²) in [5.74, 6) is 0. The molecule has 0 spiro atoms. The Morgan fingerprint density at radius 3 is 2.50 bits per heavy atom. The molecule has 1 aromatic rings. The van der Waals surface area contributed by atoms with Crippen LogP contribution in [0.4, 0.5) is 10.5 Å². The second kappa shape index (κ2) is 6.98. The number of carbonyl (C=O) groups excluding carboxylic acids is 1. The van der Waals surface area contributed by atoms with Crippen molar-refractivity contribution in [2.24, 2.45) is 0 Å². The van der Waals surface area contributed by atoms with Crippen LogP contribution in [0.5, 0.6) is 0 Å². The summed E-state index contributed by atoms with van der Waals surface area (Å²) in [6, 6.07) is 5.47. The number of aliphatic hydroxyl groups excluding tert-OH is 1. The van der Waals surface area contributed by atoms with E-state index in [-0.39, 0.29) is 19.2 Å². The molecule has 0 heterocycles. The third kappa shape index (κ3) is 5.16. The summed E-state index contributed by atoms with van der Waals surface area (Å²) < 4.78 is 4.76. The first-order chi connectivity index (χ1) is 8.51. The van der Waals surface area contributed by atoms with Crippen LogP contribution in [-0.4, -0.2) is 37.5 Å². The molecule has 0 bridgehead atoms. The van der Waals surface area contributed by atoms with E-state index in [2.05, 4.69) is 10.6 Å². The van der Waals surface area contributed by atoms with Crippen molar-refractivity contribution in [3.63, 3.8) is 0 Å². The molecule has 5 heteroatoms. The van der Waals surface area contributed by atoms with Crippen molar-refractivity contribution in [3.05, 3.63) is 29.3 Å². The van der Waals surface area contributed by atoms with Gasteiger partial charge in [-0.2, -0.15) is 0 Å². The normalized spacial score (nSPS) is 12.0. The fraction of sp³-hybridized carbons (Fsp3) is 0.462. The molecule has 0 saturated carbocycles. The highest BCUT2D eigenvalue weighted by Gasteiger charge is 2.06. The molecular formula is C13H20N2O3. The number of aryl methyl sites for hydroxylation is 2. The first-order valence-electron chi connectivity index (χ1n) is 5.81. The molecule has 0 aliphatic heterocycles. The van der Waals surface area contributed by atoms with Crippen LogP contribution in [0.3, 0.4) is 0 Å². The number of aliphatic hydroxyl groups is 1. The number of hydrogen-bond acceptors (Lipinski definition) is 3. The third-order valence-corrected chi connectivity index (χ3v) is 2.34. The Kier molecular flexibility index (Phi) is 5.61. The predicted octanol–water partition coefficient (Wildman–Crippen LogP) is 1.43. The van der Waals surface area contributed by atoms with Crippen LogP contribution in [-0.2, 0) is 4.74 Å². The minimum atomic E-state index is -0.694. The first-order valence-corrected chi connectivity index (χ1v) is 5.81. The van der Waals surface area contributed by atoms with E-state index >= 15 is 0 Å². The molecule has 0 aliphatic carbocycles. The van der Waals surface area contributed by atoms with Crippen molar-refractivity contribution in [3.8, 4) is 0 Å². The van der Waals surface area contributed by atoms with Gasteiger partial charge in [0.05, 0.1) is 12.7 Å². The van der Waals surface area contributed by atoms with Crippen molar-refractivity contribution in [1.29, 1.82) is 0 Å². The number of rotatable bonds is 5. The Balaban J connectivity index is 2.44. The zero-order valence-electron chi connectivity index (χ0n) is 11.0. The van der Waals surface area contributed by atoms with Crippen LogP contribution in [0.25, 0.3) is 0 Å². The van der Waals surface area contributed by atoms with Crippen molar-refractivity contribution < 1.29 is 14.6 Å². The lowest BCUT2D eigenvalue weighted by Gasteiger charge is -2.12. The van der Waals surface area contributed by atoms with E-state index in [4.69, 9.17) is 4.74 Å². The fourth-order valence-corrected chi connectivity index (χ4v) is 1.68. The minimum absolute atomic E-state index is 0.157. The van der Waals surface area contributed by atoms with Crippen LogP contribution >= 0.6 is 0 Å². The van der Waals surface area contributed by atoms with Crippen molar-refractivity contribution in [2.75, 3.05) is 25.6 Å². The summed E-state index contributed by atoms with van der Waals surface area (Å²) in [7, 11) is 1.50. The summed E-state index contributed by atoms with van der Waals surface area (Å²) in [5.41, 5.74) is 2.92. The maximum atomic E-state index is 11.6. The summed E-state index contributed by atoms with van der Waals surface area (Å²) >= 11 is 0. The molecule has 0 aromatic heterocycles. The Morgan fingerprint density at radius 2 is 1.94 bits per heavy atom. The van der Waals surface area contributed by atoms with Gasteiger partial charge >= 0.3 is 6.03 Å². The average Bonchev–Trinajstić information content (AvgIpc) is 2.25. The van der Waals surface area contributed by atoms with Gasteiger partial charge in [0, 0.05) is 19.3 Å². The number of carbonyl (C=O) groups is 1. The maximum absolute atomic E-state index is 11.6. The zero-order chi connectivity index (χ0) is 13.5. The fourth-order valence-electron chi connectivity index (χ4n) is 1.68. The van der Waals surface area contributed by atoms with Gasteiger partial charge in [-0.1, -0.05) is 6.07 Å². The largest absolute Gasteiger partial charge is 0.389 e. The van der Waals surface area contributed by atoms with Crippen molar-refractivity contribution >= 4 is 11.7 Å². The number of nitrogens with one attached hydrogen (secondary N) is 2. The molecule has 100 valence electrons. The number of methoxy groups -OCH3 is 1. The van der Waals surface area contributed by atoms with Gasteiger partial charge in [-0.15, -0.1) is 0 Å². The Morgan fingerprint density at radius 1 is 1.33 bits per heavy atom. The Hall–Kier alpha value is -1.59. The predicted molar refractivity (Wildman–Crippen MR) is 70.8 cm³/mol. The smallest absolute Gasteiger partial charge is 0.319 e. The van der Waals surface area contributed by atoms with E-state index < -0.39 is 6.10 Å². The van der Waals surface area contributed by atoms with Crippen LogP contribution in [0.15, 0.2) is 18.2 Å². The second-order valence-corrected chi connectivity index (χ2v) is 4.32. The van der Waals surface area contributed by atoms with Crippen LogP contribution in [0.2, 0.25) is 0 Å². The number of hydrogen-bond donors (Lipinski definition) is 3. The topological polar surface area (TPSA) is 70.6 Å². The highest BCUT2D eigenvalue weighted by Crippen LogP contribution is 2.13.